The molecule has 0 heterocycles. The van der Waals surface area contributed by atoms with Gasteiger partial charge in [0.1, 0.15) is 0 Å². The van der Waals surface area contributed by atoms with Gasteiger partial charge in [0.2, 0.25) is 0 Å². The molecule has 1 aliphatic rings. The fourth-order valence-electron chi connectivity index (χ4n) is 8.20. The summed E-state index contributed by atoms with van der Waals surface area (Å²) in [5.41, 5.74) is 8.47. The molecule has 9 aromatic carbocycles. The Balaban J connectivity index is 1.26. The molecule has 0 saturated heterocycles. The summed E-state index contributed by atoms with van der Waals surface area (Å²) < 4.78 is 38.5. The second-order valence-corrected chi connectivity index (χ2v) is 13.8. The van der Waals surface area contributed by atoms with Crippen molar-refractivity contribution in [1.29, 1.82) is 0 Å². The van der Waals surface area contributed by atoms with Gasteiger partial charge in [0, 0.05) is 5.41 Å². The Hall–Kier alpha value is -5.98. The van der Waals surface area contributed by atoms with Gasteiger partial charge in [-0.05, 0) is 129 Å². The molecule has 0 N–H and O–H groups in total. The predicted molar refractivity (Wildman–Crippen MR) is 210 cm³/mol. The second kappa shape index (κ2) is 10.5. The molecule has 230 valence electrons. The molecule has 0 fully saturated rings. The highest BCUT2D eigenvalue weighted by Gasteiger charge is 2.38. The number of hydrogen-bond donors (Lipinski definition) is 0. The molecule has 1 aliphatic carbocycles. The zero-order valence-corrected chi connectivity index (χ0v) is 27.4. The number of benzene rings is 9. The van der Waals surface area contributed by atoms with E-state index in [-0.39, 0.29) is 29.6 Å². The molecule has 0 heteroatoms. The molecule has 0 aromatic heterocycles. The minimum Gasteiger partial charge on any atom is -0.0622 e. The Labute approximate surface area is 292 Å². The first-order valence-corrected chi connectivity index (χ1v) is 16.9. The van der Waals surface area contributed by atoms with Gasteiger partial charge < -0.3 is 0 Å². The normalized spacial score (nSPS) is 14.4. The molecule has 0 amide bonds. The van der Waals surface area contributed by atoms with E-state index in [1.807, 2.05) is 48.5 Å². The summed E-state index contributed by atoms with van der Waals surface area (Å²) in [7, 11) is 0. The van der Waals surface area contributed by atoms with Crippen LogP contribution < -0.4 is 0 Å². The van der Waals surface area contributed by atoms with Crippen molar-refractivity contribution in [2.75, 3.05) is 0 Å². The third-order valence-electron chi connectivity index (χ3n) is 10.7. The molecular formula is C49H34. The largest absolute Gasteiger partial charge is 0.0629 e. The average Bonchev–Trinajstić information content (AvgIpc) is 3.41. The van der Waals surface area contributed by atoms with Gasteiger partial charge >= 0.3 is 0 Å². The van der Waals surface area contributed by atoms with Crippen LogP contribution in [-0.2, 0) is 5.41 Å². The zero-order valence-electron chi connectivity index (χ0n) is 31.4. The maximum Gasteiger partial charge on any atom is 0.0629 e. The molecule has 49 heavy (non-hydrogen) atoms. The lowest BCUT2D eigenvalue weighted by Gasteiger charge is -2.23. The minimum absolute atomic E-state index is 0.0395. The van der Waals surface area contributed by atoms with E-state index in [2.05, 4.69) is 111 Å². The maximum absolute atomic E-state index is 9.62. The van der Waals surface area contributed by atoms with E-state index >= 15 is 0 Å². The molecule has 0 atom stereocenters. The number of fused-ring (bicyclic) bond motifs is 8. The molecule has 0 radical (unpaired) electrons. The molecule has 0 nitrogen and oxygen atoms in total. The number of hydrogen-bond acceptors (Lipinski definition) is 0. The molecular weight excluding hydrogens is 589 g/mol. The van der Waals surface area contributed by atoms with Gasteiger partial charge in [-0.15, -0.1) is 0 Å². The SMILES string of the molecule is [2H]c1c([2H])c(-c2c3ccccc3cc3c2ccc2ccccc23)c([2H])c([2H])c1-c1cc(-c2ccccc2)c2c(c1)C(C)(C)c1cc3ccccc3cc1-2. The van der Waals surface area contributed by atoms with E-state index < -0.39 is 0 Å². The van der Waals surface area contributed by atoms with Crippen molar-refractivity contribution in [1.82, 2.24) is 0 Å². The van der Waals surface area contributed by atoms with Gasteiger partial charge in [0.25, 0.3) is 0 Å². The summed E-state index contributed by atoms with van der Waals surface area (Å²) >= 11 is 0. The average molecular weight is 627 g/mol. The van der Waals surface area contributed by atoms with Crippen LogP contribution >= 0.6 is 0 Å². The van der Waals surface area contributed by atoms with Crippen molar-refractivity contribution in [3.05, 3.63) is 181 Å². The first kappa shape index (κ1) is 24.2. The Morgan fingerprint density at radius 1 is 0.367 bits per heavy atom. The summed E-state index contributed by atoms with van der Waals surface area (Å²) in [6.45, 7) is 4.50. The lowest BCUT2D eigenvalue weighted by molar-refractivity contribution is 0.661. The van der Waals surface area contributed by atoms with Crippen LogP contribution in [0.15, 0.2) is 170 Å². The third kappa shape index (κ3) is 4.24. The van der Waals surface area contributed by atoms with Crippen molar-refractivity contribution in [3.8, 4) is 44.5 Å². The smallest absolute Gasteiger partial charge is 0.0622 e. The van der Waals surface area contributed by atoms with Crippen LogP contribution in [0.2, 0.25) is 0 Å². The topological polar surface area (TPSA) is 0 Å². The van der Waals surface area contributed by atoms with Gasteiger partial charge in [0.15, 0.2) is 0 Å². The summed E-state index contributed by atoms with van der Waals surface area (Å²) in [6, 6.07) is 50.1. The summed E-state index contributed by atoms with van der Waals surface area (Å²) in [6.07, 6.45) is 0. The van der Waals surface area contributed by atoms with E-state index in [0.717, 1.165) is 60.1 Å². The Bertz CT molecular complexity index is 2980. The molecule has 0 unspecified atom stereocenters. The van der Waals surface area contributed by atoms with Crippen LogP contribution in [0.1, 0.15) is 30.5 Å². The summed E-state index contributed by atoms with van der Waals surface area (Å²) in [5.74, 6) is 0. The highest BCUT2D eigenvalue weighted by molar-refractivity contribution is 6.20. The Kier molecular flexibility index (Phi) is 5.19. The van der Waals surface area contributed by atoms with Crippen molar-refractivity contribution in [2.24, 2.45) is 0 Å². The third-order valence-corrected chi connectivity index (χ3v) is 10.7. The quantitative estimate of drug-likeness (QED) is 0.135. The van der Waals surface area contributed by atoms with Gasteiger partial charge in [-0.1, -0.05) is 153 Å². The van der Waals surface area contributed by atoms with E-state index in [1.54, 1.807) is 0 Å². The fraction of sp³-hybridized carbons (Fsp3) is 0.0612. The van der Waals surface area contributed by atoms with Crippen LogP contribution in [0, 0.1) is 0 Å². The van der Waals surface area contributed by atoms with Gasteiger partial charge in [-0.2, -0.15) is 0 Å². The minimum atomic E-state index is -0.364. The molecule has 0 bridgehead atoms. The van der Waals surface area contributed by atoms with Crippen LogP contribution in [-0.4, -0.2) is 0 Å². The first-order chi connectivity index (χ1) is 25.7. The molecule has 0 spiro atoms. The van der Waals surface area contributed by atoms with E-state index in [1.165, 1.54) is 21.9 Å². The molecule has 9 aromatic rings. The fourth-order valence-corrected chi connectivity index (χ4v) is 8.20. The lowest BCUT2D eigenvalue weighted by atomic mass is 9.80. The highest BCUT2D eigenvalue weighted by atomic mass is 14.4. The monoisotopic (exact) mass is 626 g/mol. The van der Waals surface area contributed by atoms with E-state index in [4.69, 9.17) is 0 Å². The molecule has 10 rings (SSSR count). The summed E-state index contributed by atoms with van der Waals surface area (Å²) in [5, 5.41) is 8.41. The Morgan fingerprint density at radius 3 is 1.78 bits per heavy atom. The standard InChI is InChI=1S/C49H34/c1-49(2)45-29-36-16-7-6-15-35(36)26-44(45)48-42(32-12-4-3-5-13-32)28-38(30-46(48)49)31-20-22-34(23-21-31)47-40-19-11-9-17-37(40)27-43-39-18-10-8-14-33(39)24-25-41(43)47/h3-30H,1-2H3/i20D,21D,22D,23D. The van der Waals surface area contributed by atoms with Crippen LogP contribution in [0.4, 0.5) is 0 Å². The van der Waals surface area contributed by atoms with Crippen LogP contribution in [0.5, 0.6) is 0 Å². The first-order valence-electron chi connectivity index (χ1n) is 18.9. The lowest BCUT2D eigenvalue weighted by Crippen LogP contribution is -2.15. The summed E-state index contributed by atoms with van der Waals surface area (Å²) in [4.78, 5) is 0. The van der Waals surface area contributed by atoms with Gasteiger partial charge in [-0.3, -0.25) is 0 Å². The number of rotatable bonds is 3. The maximum atomic E-state index is 9.62. The van der Waals surface area contributed by atoms with Crippen LogP contribution in [0.25, 0.3) is 87.6 Å². The molecule has 0 saturated carbocycles. The molecule has 0 aliphatic heterocycles. The van der Waals surface area contributed by atoms with E-state index in [9.17, 15) is 5.48 Å². The van der Waals surface area contributed by atoms with Crippen molar-refractivity contribution in [3.63, 3.8) is 0 Å². The van der Waals surface area contributed by atoms with Crippen LogP contribution in [0.3, 0.4) is 0 Å². The highest BCUT2D eigenvalue weighted by Crippen LogP contribution is 2.54. The van der Waals surface area contributed by atoms with Gasteiger partial charge in [-0.25, -0.2) is 0 Å². The van der Waals surface area contributed by atoms with E-state index in [0.29, 0.717) is 16.7 Å². The van der Waals surface area contributed by atoms with Crippen molar-refractivity contribution < 1.29 is 5.48 Å². The Morgan fingerprint density at radius 2 is 1.00 bits per heavy atom. The second-order valence-electron chi connectivity index (χ2n) is 13.8. The van der Waals surface area contributed by atoms with Gasteiger partial charge in [0.05, 0.1) is 5.48 Å². The predicted octanol–water partition coefficient (Wildman–Crippen LogP) is 13.6. The zero-order chi connectivity index (χ0) is 36.2. The van der Waals surface area contributed by atoms with Crippen molar-refractivity contribution in [2.45, 2.75) is 19.3 Å². The van der Waals surface area contributed by atoms with Crippen molar-refractivity contribution >= 4 is 43.1 Å².